The Kier molecular flexibility index (Phi) is 3.69. The van der Waals surface area contributed by atoms with Crippen LogP contribution in [-0.4, -0.2) is 18.7 Å². The van der Waals surface area contributed by atoms with Crippen LogP contribution in [0.5, 0.6) is 0 Å². The van der Waals surface area contributed by atoms with Crippen molar-refractivity contribution < 1.29 is 19.1 Å². The van der Waals surface area contributed by atoms with Crippen LogP contribution in [0, 0.1) is 5.92 Å². The molecule has 0 saturated carbocycles. The first-order valence-corrected chi connectivity index (χ1v) is 6.70. The summed E-state index contributed by atoms with van der Waals surface area (Å²) in [7, 11) is 0. The number of cyclic esters (lactones) is 2. The lowest BCUT2D eigenvalue weighted by atomic mass is 9.80. The van der Waals surface area contributed by atoms with Crippen molar-refractivity contribution in [3.8, 4) is 0 Å². The van der Waals surface area contributed by atoms with E-state index in [4.69, 9.17) is 9.47 Å². The summed E-state index contributed by atoms with van der Waals surface area (Å²) in [6.07, 6.45) is 0. The predicted molar refractivity (Wildman–Crippen MR) is 75.3 cm³/mol. The summed E-state index contributed by atoms with van der Waals surface area (Å²) in [6, 6.07) is 18.9. The quantitative estimate of drug-likeness (QED) is 0.641. The van der Waals surface area contributed by atoms with Gasteiger partial charge in [0.1, 0.15) is 0 Å². The Labute approximate surface area is 122 Å². The molecule has 1 heterocycles. The maximum absolute atomic E-state index is 12.1. The summed E-state index contributed by atoms with van der Waals surface area (Å²) in [5, 5.41) is 0. The minimum absolute atomic E-state index is 0.301. The number of ether oxygens (including phenoxy) is 2. The summed E-state index contributed by atoms with van der Waals surface area (Å²) < 4.78 is 9.81. The lowest BCUT2D eigenvalue weighted by Crippen LogP contribution is -2.39. The molecule has 0 bridgehead atoms. The average molecular weight is 282 g/mol. The number of carbonyl (C=O) groups is 2. The highest BCUT2D eigenvalue weighted by Gasteiger charge is 2.42. The Hall–Kier alpha value is -2.62. The van der Waals surface area contributed by atoms with Crippen LogP contribution in [-0.2, 0) is 19.1 Å². The summed E-state index contributed by atoms with van der Waals surface area (Å²) in [5.74, 6) is -2.45. The van der Waals surface area contributed by atoms with Crippen LogP contribution in [0.2, 0.25) is 0 Å². The van der Waals surface area contributed by atoms with Gasteiger partial charge < -0.3 is 9.47 Å². The fourth-order valence-electron chi connectivity index (χ4n) is 2.59. The highest BCUT2D eigenvalue weighted by atomic mass is 16.7. The molecule has 0 N–H and O–H groups in total. The van der Waals surface area contributed by atoms with Crippen molar-refractivity contribution in [3.63, 3.8) is 0 Å². The SMILES string of the molecule is O=C1OCOC(=O)C1C(c1ccccc1)c1ccccc1. The van der Waals surface area contributed by atoms with E-state index in [-0.39, 0.29) is 6.79 Å². The number of hydrogen-bond acceptors (Lipinski definition) is 4. The van der Waals surface area contributed by atoms with Gasteiger partial charge in [-0.3, -0.25) is 9.59 Å². The molecule has 0 aliphatic carbocycles. The average Bonchev–Trinajstić information content (AvgIpc) is 2.53. The van der Waals surface area contributed by atoms with E-state index >= 15 is 0 Å². The molecule has 4 heteroatoms. The Balaban J connectivity index is 2.08. The van der Waals surface area contributed by atoms with E-state index in [0.717, 1.165) is 11.1 Å². The molecule has 1 aliphatic rings. The summed E-state index contributed by atoms with van der Waals surface area (Å²) in [4.78, 5) is 24.1. The fourth-order valence-corrected chi connectivity index (χ4v) is 2.59. The Morgan fingerprint density at radius 1 is 0.762 bits per heavy atom. The zero-order valence-corrected chi connectivity index (χ0v) is 11.3. The zero-order chi connectivity index (χ0) is 14.7. The summed E-state index contributed by atoms with van der Waals surface area (Å²) in [6.45, 7) is -0.301. The largest absolute Gasteiger partial charge is 0.427 e. The highest BCUT2D eigenvalue weighted by molar-refractivity contribution is 5.97. The molecular formula is C17H14O4. The molecule has 0 amide bonds. The summed E-state index contributed by atoms with van der Waals surface area (Å²) in [5.41, 5.74) is 1.76. The number of carbonyl (C=O) groups excluding carboxylic acids is 2. The van der Waals surface area contributed by atoms with Gasteiger partial charge in [0.25, 0.3) is 0 Å². The van der Waals surface area contributed by atoms with Gasteiger partial charge in [0.15, 0.2) is 5.92 Å². The van der Waals surface area contributed by atoms with Gasteiger partial charge in [0.05, 0.1) is 0 Å². The van der Waals surface area contributed by atoms with E-state index in [1.807, 2.05) is 60.7 Å². The molecule has 21 heavy (non-hydrogen) atoms. The maximum atomic E-state index is 12.1. The second kappa shape index (κ2) is 5.79. The topological polar surface area (TPSA) is 52.6 Å². The van der Waals surface area contributed by atoms with Gasteiger partial charge in [-0.2, -0.15) is 0 Å². The van der Waals surface area contributed by atoms with Crippen molar-refractivity contribution >= 4 is 11.9 Å². The lowest BCUT2D eigenvalue weighted by Gasteiger charge is -2.28. The van der Waals surface area contributed by atoms with E-state index in [1.165, 1.54) is 0 Å². The Morgan fingerprint density at radius 2 is 1.19 bits per heavy atom. The standard InChI is InChI=1S/C17H14O4/c18-16-15(17(19)21-11-20-16)14(12-7-3-1-4-8-12)13-9-5-2-6-10-13/h1-10,14-15H,11H2. The van der Waals surface area contributed by atoms with Gasteiger partial charge in [0.2, 0.25) is 6.79 Å². The van der Waals surface area contributed by atoms with Gasteiger partial charge >= 0.3 is 11.9 Å². The van der Waals surface area contributed by atoms with Crippen LogP contribution in [0.15, 0.2) is 60.7 Å². The monoisotopic (exact) mass is 282 g/mol. The third kappa shape index (κ3) is 2.65. The molecule has 3 rings (SSSR count). The van der Waals surface area contributed by atoms with Crippen molar-refractivity contribution in [2.75, 3.05) is 6.79 Å². The number of benzene rings is 2. The number of hydrogen-bond donors (Lipinski definition) is 0. The minimum Gasteiger partial charge on any atom is -0.427 e. The van der Waals surface area contributed by atoms with Crippen LogP contribution in [0.1, 0.15) is 17.0 Å². The molecule has 2 aromatic rings. The molecule has 1 fully saturated rings. The van der Waals surface area contributed by atoms with Crippen molar-refractivity contribution in [1.82, 2.24) is 0 Å². The first-order chi connectivity index (χ1) is 10.3. The minimum atomic E-state index is -0.969. The van der Waals surface area contributed by atoms with Crippen LogP contribution in [0.3, 0.4) is 0 Å². The first-order valence-electron chi connectivity index (χ1n) is 6.70. The normalized spacial score (nSPS) is 15.7. The first kappa shape index (κ1) is 13.4. The van der Waals surface area contributed by atoms with Gasteiger partial charge in [-0.25, -0.2) is 0 Å². The highest BCUT2D eigenvalue weighted by Crippen LogP contribution is 2.34. The Bertz CT molecular complexity index is 581. The predicted octanol–water partition coefficient (Wildman–Crippen LogP) is 2.49. The molecular weight excluding hydrogens is 268 g/mol. The van der Waals surface area contributed by atoms with Crippen molar-refractivity contribution in [2.24, 2.45) is 5.92 Å². The summed E-state index contributed by atoms with van der Waals surface area (Å²) >= 11 is 0. The second-order valence-electron chi connectivity index (χ2n) is 4.82. The van der Waals surface area contributed by atoms with Crippen molar-refractivity contribution in [1.29, 1.82) is 0 Å². The van der Waals surface area contributed by atoms with E-state index in [1.54, 1.807) is 0 Å². The molecule has 2 aromatic carbocycles. The fraction of sp³-hybridized carbons (Fsp3) is 0.176. The third-order valence-electron chi connectivity index (χ3n) is 3.56. The number of rotatable bonds is 3. The third-order valence-corrected chi connectivity index (χ3v) is 3.56. The molecule has 106 valence electrons. The van der Waals surface area contributed by atoms with Gasteiger partial charge in [0, 0.05) is 5.92 Å². The molecule has 1 saturated heterocycles. The smallest absolute Gasteiger partial charge is 0.324 e. The van der Waals surface area contributed by atoms with Crippen molar-refractivity contribution in [3.05, 3.63) is 71.8 Å². The van der Waals surface area contributed by atoms with Crippen LogP contribution < -0.4 is 0 Å². The van der Waals surface area contributed by atoms with E-state index in [0.29, 0.717) is 0 Å². The van der Waals surface area contributed by atoms with Crippen LogP contribution in [0.25, 0.3) is 0 Å². The zero-order valence-electron chi connectivity index (χ0n) is 11.3. The van der Waals surface area contributed by atoms with E-state index < -0.39 is 23.8 Å². The molecule has 1 aliphatic heterocycles. The van der Waals surface area contributed by atoms with Crippen molar-refractivity contribution in [2.45, 2.75) is 5.92 Å². The van der Waals surface area contributed by atoms with Gasteiger partial charge in [-0.15, -0.1) is 0 Å². The maximum Gasteiger partial charge on any atom is 0.324 e. The molecule has 4 nitrogen and oxygen atoms in total. The van der Waals surface area contributed by atoms with E-state index in [9.17, 15) is 9.59 Å². The van der Waals surface area contributed by atoms with Gasteiger partial charge in [-0.1, -0.05) is 60.7 Å². The van der Waals surface area contributed by atoms with Gasteiger partial charge in [-0.05, 0) is 11.1 Å². The Morgan fingerprint density at radius 3 is 1.62 bits per heavy atom. The molecule has 0 unspecified atom stereocenters. The molecule has 0 aromatic heterocycles. The van der Waals surface area contributed by atoms with E-state index in [2.05, 4.69) is 0 Å². The number of esters is 2. The molecule has 0 spiro atoms. The molecule has 0 atom stereocenters. The molecule has 0 radical (unpaired) electrons. The van der Waals surface area contributed by atoms with Crippen LogP contribution in [0.4, 0.5) is 0 Å². The second-order valence-corrected chi connectivity index (χ2v) is 4.82. The van der Waals surface area contributed by atoms with Crippen LogP contribution >= 0.6 is 0 Å². The lowest BCUT2D eigenvalue weighted by molar-refractivity contribution is -0.190.